The monoisotopic (exact) mass is 274 g/mol. The third kappa shape index (κ3) is 5.64. The minimum atomic E-state index is 0.689. The molecule has 0 spiro atoms. The Morgan fingerprint density at radius 2 is 2.05 bits per heavy atom. The van der Waals surface area contributed by atoms with Gasteiger partial charge in [0.15, 0.2) is 0 Å². The first-order valence-corrected chi connectivity index (χ1v) is 8.23. The molecule has 0 aromatic heterocycles. The summed E-state index contributed by atoms with van der Waals surface area (Å²) in [5, 5.41) is 3.71. The molecule has 2 nitrogen and oxygen atoms in total. The van der Waals surface area contributed by atoms with Gasteiger partial charge in [-0.1, -0.05) is 44.2 Å². The number of rotatable bonds is 6. The molecule has 1 aromatic carbocycles. The van der Waals surface area contributed by atoms with Crippen LogP contribution in [0.15, 0.2) is 30.3 Å². The summed E-state index contributed by atoms with van der Waals surface area (Å²) in [6, 6.07) is 11.6. The van der Waals surface area contributed by atoms with E-state index in [1.165, 1.54) is 57.4 Å². The van der Waals surface area contributed by atoms with Gasteiger partial charge >= 0.3 is 0 Å². The first kappa shape index (κ1) is 15.5. The van der Waals surface area contributed by atoms with E-state index in [1.54, 1.807) is 0 Å². The lowest BCUT2D eigenvalue weighted by Gasteiger charge is -2.25. The SMILES string of the molecule is CC(C)CC1CN(CCCc2ccccc2)CCCN1. The zero-order valence-electron chi connectivity index (χ0n) is 13.1. The molecular weight excluding hydrogens is 244 g/mol. The Kier molecular flexibility index (Phi) is 6.55. The summed E-state index contributed by atoms with van der Waals surface area (Å²) in [5.41, 5.74) is 1.47. The van der Waals surface area contributed by atoms with Crippen LogP contribution < -0.4 is 5.32 Å². The van der Waals surface area contributed by atoms with E-state index < -0.39 is 0 Å². The van der Waals surface area contributed by atoms with Crippen molar-refractivity contribution in [2.45, 2.75) is 45.6 Å². The van der Waals surface area contributed by atoms with Crippen molar-refractivity contribution >= 4 is 0 Å². The maximum atomic E-state index is 3.71. The summed E-state index contributed by atoms with van der Waals surface area (Å²) < 4.78 is 0. The predicted octanol–water partition coefficient (Wildman–Crippen LogP) is 3.33. The number of nitrogens with one attached hydrogen (secondary N) is 1. The summed E-state index contributed by atoms with van der Waals surface area (Å²) in [7, 11) is 0. The average molecular weight is 274 g/mol. The summed E-state index contributed by atoms with van der Waals surface area (Å²) in [6.07, 6.45) is 5.08. The highest BCUT2D eigenvalue weighted by molar-refractivity contribution is 5.14. The van der Waals surface area contributed by atoms with Gasteiger partial charge in [0.05, 0.1) is 0 Å². The fraction of sp³-hybridized carbons (Fsp3) is 0.667. The van der Waals surface area contributed by atoms with Crippen molar-refractivity contribution in [3.63, 3.8) is 0 Å². The molecule has 2 heteroatoms. The normalized spacial score (nSPS) is 21.1. The van der Waals surface area contributed by atoms with Crippen molar-refractivity contribution in [1.29, 1.82) is 0 Å². The number of aryl methyl sites for hydroxylation is 1. The van der Waals surface area contributed by atoms with Gasteiger partial charge in [0, 0.05) is 12.6 Å². The first-order valence-electron chi connectivity index (χ1n) is 8.23. The Balaban J connectivity index is 1.73. The third-order valence-electron chi connectivity index (χ3n) is 4.10. The Hall–Kier alpha value is -0.860. The van der Waals surface area contributed by atoms with Crippen LogP contribution in [0.4, 0.5) is 0 Å². The summed E-state index contributed by atoms with van der Waals surface area (Å²) in [6.45, 7) is 9.57. The predicted molar refractivity (Wildman–Crippen MR) is 87.1 cm³/mol. The second-order valence-electron chi connectivity index (χ2n) is 6.52. The van der Waals surface area contributed by atoms with Gasteiger partial charge in [-0.2, -0.15) is 0 Å². The number of hydrogen-bond acceptors (Lipinski definition) is 2. The molecule has 1 saturated heterocycles. The van der Waals surface area contributed by atoms with Crippen molar-refractivity contribution < 1.29 is 0 Å². The fourth-order valence-electron chi connectivity index (χ4n) is 3.16. The zero-order chi connectivity index (χ0) is 14.2. The van der Waals surface area contributed by atoms with E-state index in [4.69, 9.17) is 0 Å². The van der Waals surface area contributed by atoms with Crippen LogP contribution in [-0.4, -0.2) is 37.1 Å². The molecule has 20 heavy (non-hydrogen) atoms. The topological polar surface area (TPSA) is 15.3 Å². The van der Waals surface area contributed by atoms with Crippen LogP contribution in [0.25, 0.3) is 0 Å². The number of benzene rings is 1. The largest absolute Gasteiger partial charge is 0.313 e. The molecule has 1 fully saturated rings. The smallest absolute Gasteiger partial charge is 0.0197 e. The lowest BCUT2D eigenvalue weighted by Crippen LogP contribution is -2.39. The van der Waals surface area contributed by atoms with Crippen LogP contribution in [0.2, 0.25) is 0 Å². The first-order chi connectivity index (χ1) is 9.74. The van der Waals surface area contributed by atoms with Crippen LogP contribution >= 0.6 is 0 Å². The molecule has 1 atom stereocenters. The zero-order valence-corrected chi connectivity index (χ0v) is 13.1. The Labute approximate surface area is 124 Å². The highest BCUT2D eigenvalue weighted by atomic mass is 15.2. The van der Waals surface area contributed by atoms with Crippen molar-refractivity contribution in [2.75, 3.05) is 26.2 Å². The molecule has 0 amide bonds. The quantitative estimate of drug-likeness (QED) is 0.856. The van der Waals surface area contributed by atoms with Crippen LogP contribution in [-0.2, 0) is 6.42 Å². The lowest BCUT2D eigenvalue weighted by atomic mass is 10.0. The van der Waals surface area contributed by atoms with Gasteiger partial charge in [0.2, 0.25) is 0 Å². The number of hydrogen-bond donors (Lipinski definition) is 1. The van der Waals surface area contributed by atoms with Gasteiger partial charge in [-0.3, -0.25) is 0 Å². The molecule has 0 bridgehead atoms. The van der Waals surface area contributed by atoms with Gasteiger partial charge in [-0.25, -0.2) is 0 Å². The molecule has 0 aliphatic carbocycles. The molecule has 1 unspecified atom stereocenters. The van der Waals surface area contributed by atoms with Gasteiger partial charge in [0.1, 0.15) is 0 Å². The molecule has 0 saturated carbocycles. The molecule has 1 N–H and O–H groups in total. The van der Waals surface area contributed by atoms with Gasteiger partial charge in [0.25, 0.3) is 0 Å². The van der Waals surface area contributed by atoms with Gasteiger partial charge in [-0.05, 0) is 56.8 Å². The van der Waals surface area contributed by atoms with Crippen LogP contribution in [0.5, 0.6) is 0 Å². The van der Waals surface area contributed by atoms with E-state index in [9.17, 15) is 0 Å². The van der Waals surface area contributed by atoms with E-state index in [-0.39, 0.29) is 0 Å². The summed E-state index contributed by atoms with van der Waals surface area (Å²) in [5.74, 6) is 0.789. The van der Waals surface area contributed by atoms with E-state index >= 15 is 0 Å². The number of nitrogens with zero attached hydrogens (tertiary/aromatic N) is 1. The fourth-order valence-corrected chi connectivity index (χ4v) is 3.16. The van der Waals surface area contributed by atoms with E-state index in [0.717, 1.165) is 5.92 Å². The van der Waals surface area contributed by atoms with E-state index in [1.807, 2.05) is 0 Å². The van der Waals surface area contributed by atoms with Crippen molar-refractivity contribution in [2.24, 2.45) is 5.92 Å². The average Bonchev–Trinajstić information content (AvgIpc) is 2.65. The Morgan fingerprint density at radius 3 is 2.80 bits per heavy atom. The minimum absolute atomic E-state index is 0.689. The molecule has 1 aromatic rings. The minimum Gasteiger partial charge on any atom is -0.313 e. The second-order valence-corrected chi connectivity index (χ2v) is 6.52. The second kappa shape index (κ2) is 8.43. The molecule has 0 radical (unpaired) electrons. The molecular formula is C18H30N2. The van der Waals surface area contributed by atoms with Crippen molar-refractivity contribution in [1.82, 2.24) is 10.2 Å². The van der Waals surface area contributed by atoms with Crippen molar-refractivity contribution in [3.8, 4) is 0 Å². The van der Waals surface area contributed by atoms with Crippen LogP contribution in [0, 0.1) is 5.92 Å². The van der Waals surface area contributed by atoms with E-state index in [0.29, 0.717) is 6.04 Å². The molecule has 1 aliphatic heterocycles. The molecule has 1 aliphatic rings. The van der Waals surface area contributed by atoms with Crippen LogP contribution in [0.1, 0.15) is 38.7 Å². The standard InChI is InChI=1S/C18H30N2/c1-16(2)14-18-15-20(13-7-11-19-18)12-6-10-17-8-4-3-5-9-17/h3-5,8-9,16,18-19H,6-7,10-15H2,1-2H3. The van der Waals surface area contributed by atoms with Gasteiger partial charge < -0.3 is 10.2 Å². The lowest BCUT2D eigenvalue weighted by molar-refractivity contribution is 0.252. The summed E-state index contributed by atoms with van der Waals surface area (Å²) in [4.78, 5) is 2.66. The van der Waals surface area contributed by atoms with Crippen molar-refractivity contribution in [3.05, 3.63) is 35.9 Å². The van der Waals surface area contributed by atoms with Crippen LogP contribution in [0.3, 0.4) is 0 Å². The molecule has 112 valence electrons. The maximum absolute atomic E-state index is 3.71. The highest BCUT2D eigenvalue weighted by Crippen LogP contribution is 2.11. The van der Waals surface area contributed by atoms with Gasteiger partial charge in [-0.15, -0.1) is 0 Å². The Bertz CT molecular complexity index is 361. The highest BCUT2D eigenvalue weighted by Gasteiger charge is 2.17. The maximum Gasteiger partial charge on any atom is 0.0197 e. The molecule has 1 heterocycles. The Morgan fingerprint density at radius 1 is 1.25 bits per heavy atom. The summed E-state index contributed by atoms with van der Waals surface area (Å²) >= 11 is 0. The van der Waals surface area contributed by atoms with E-state index in [2.05, 4.69) is 54.4 Å². The third-order valence-corrected chi connectivity index (χ3v) is 4.10. The molecule has 2 rings (SSSR count).